The van der Waals surface area contributed by atoms with Crippen molar-refractivity contribution in [3.05, 3.63) is 154 Å². The first-order chi connectivity index (χ1) is 30.7. The van der Waals surface area contributed by atoms with Gasteiger partial charge in [0, 0.05) is 41.1 Å². The van der Waals surface area contributed by atoms with Gasteiger partial charge in [0.25, 0.3) is 0 Å². The molecular formula is C53H46N2O8. The quantitative estimate of drug-likeness (QED) is 0.106. The van der Waals surface area contributed by atoms with Crippen LogP contribution in [-0.4, -0.2) is 81.9 Å². The van der Waals surface area contributed by atoms with Gasteiger partial charge >= 0.3 is 0 Å². The molecule has 6 aromatic rings. The number of phenols is 2. The van der Waals surface area contributed by atoms with Crippen LogP contribution in [0.3, 0.4) is 0 Å². The lowest BCUT2D eigenvalue weighted by Crippen LogP contribution is -2.52. The lowest BCUT2D eigenvalue weighted by atomic mass is 9.67. The number of Topliss-reactive ketones (excluding diaryl/α,β-unsaturated/α-hetero) is 2. The van der Waals surface area contributed by atoms with Gasteiger partial charge in [-0.3, -0.25) is 24.2 Å². The number of aromatic hydroxyl groups is 2. The average molecular weight is 839 g/mol. The van der Waals surface area contributed by atoms with Crippen LogP contribution in [0.1, 0.15) is 80.5 Å². The molecule has 10 nitrogen and oxygen atoms in total. The summed E-state index contributed by atoms with van der Waals surface area (Å²) < 4.78 is 11.2. The lowest BCUT2D eigenvalue weighted by molar-refractivity contribution is -0.121. The second-order valence-electron chi connectivity index (χ2n) is 18.3. The maximum absolute atomic E-state index is 16.1. The molecule has 12 rings (SSSR count). The minimum Gasteiger partial charge on any atom is -0.512 e. The van der Waals surface area contributed by atoms with E-state index in [4.69, 9.17) is 9.47 Å². The molecule has 63 heavy (non-hydrogen) atoms. The van der Waals surface area contributed by atoms with Gasteiger partial charge in [0.1, 0.15) is 16.8 Å². The summed E-state index contributed by atoms with van der Waals surface area (Å²) in [6, 6.07) is 33.4. The zero-order valence-corrected chi connectivity index (χ0v) is 35.0. The first-order valence-electron chi connectivity index (χ1n) is 22.0. The Bertz CT molecular complexity index is 3020. The topological polar surface area (TPSA) is 137 Å². The van der Waals surface area contributed by atoms with Crippen LogP contribution in [0.5, 0.6) is 23.0 Å². The van der Waals surface area contributed by atoms with E-state index in [-0.39, 0.29) is 52.4 Å². The number of ketones is 3. The molecule has 0 radical (unpaired) electrons. The van der Waals surface area contributed by atoms with E-state index in [1.165, 1.54) is 20.3 Å². The van der Waals surface area contributed by atoms with Crippen LogP contribution < -0.4 is 9.47 Å². The van der Waals surface area contributed by atoms with E-state index >= 15 is 14.4 Å². The Kier molecular flexibility index (Phi) is 8.19. The molecular weight excluding hydrogens is 793 g/mol. The zero-order valence-electron chi connectivity index (χ0n) is 35.0. The molecule has 4 unspecified atom stereocenters. The molecule has 0 saturated carbocycles. The summed E-state index contributed by atoms with van der Waals surface area (Å²) in [7, 11) is 2.98. The van der Waals surface area contributed by atoms with Crippen molar-refractivity contribution in [2.24, 2.45) is 11.8 Å². The number of aliphatic hydroxyl groups is 1. The fourth-order valence-electron chi connectivity index (χ4n) is 13.8. The molecule has 8 atom stereocenters. The van der Waals surface area contributed by atoms with Gasteiger partial charge in [0.15, 0.2) is 40.3 Å². The van der Waals surface area contributed by atoms with Gasteiger partial charge in [0.05, 0.1) is 26.1 Å². The molecule has 2 spiro atoms. The van der Waals surface area contributed by atoms with Gasteiger partial charge in [-0.15, -0.1) is 0 Å². The van der Waals surface area contributed by atoms with Crippen molar-refractivity contribution in [2.75, 3.05) is 27.3 Å². The Balaban J connectivity index is 1.10. The van der Waals surface area contributed by atoms with Crippen LogP contribution in [0.4, 0.5) is 0 Å². The normalized spacial score (nSPS) is 29.5. The highest BCUT2D eigenvalue weighted by molar-refractivity contribution is 6.23. The van der Waals surface area contributed by atoms with Gasteiger partial charge in [-0.05, 0) is 107 Å². The fraction of sp³-hybridized carbons (Fsp3) is 0.302. The molecule has 4 saturated heterocycles. The van der Waals surface area contributed by atoms with Crippen molar-refractivity contribution in [2.45, 2.75) is 60.7 Å². The van der Waals surface area contributed by atoms with Crippen molar-refractivity contribution in [1.82, 2.24) is 9.80 Å². The predicted octanol–water partition coefficient (Wildman–Crippen LogP) is 8.67. The van der Waals surface area contributed by atoms with Crippen molar-refractivity contribution in [3.63, 3.8) is 0 Å². The molecule has 4 heterocycles. The Morgan fingerprint density at radius 3 is 1.56 bits per heavy atom. The Hall–Kier alpha value is -6.49. The number of nitrogens with zero attached hydrogens (tertiary/aromatic N) is 2. The molecule has 4 aliphatic heterocycles. The predicted molar refractivity (Wildman–Crippen MR) is 237 cm³/mol. The monoisotopic (exact) mass is 838 g/mol. The highest BCUT2D eigenvalue weighted by Gasteiger charge is 2.71. The van der Waals surface area contributed by atoms with E-state index in [1.54, 1.807) is 24.3 Å². The maximum atomic E-state index is 16.1. The highest BCUT2D eigenvalue weighted by atomic mass is 16.5. The summed E-state index contributed by atoms with van der Waals surface area (Å²) in [5.41, 5.74) is 1.51. The molecule has 10 heteroatoms. The fourth-order valence-corrected chi connectivity index (χ4v) is 13.8. The number of hydrogen-bond donors (Lipinski definition) is 3. The number of aliphatic hydroxyl groups excluding tert-OH is 1. The van der Waals surface area contributed by atoms with Gasteiger partial charge in [-0.2, -0.15) is 0 Å². The molecule has 6 aromatic carbocycles. The van der Waals surface area contributed by atoms with Gasteiger partial charge < -0.3 is 24.8 Å². The second-order valence-corrected chi connectivity index (χ2v) is 18.3. The smallest absolute Gasteiger partial charge is 0.189 e. The number of allylic oxidation sites excluding steroid dienone is 1. The lowest BCUT2D eigenvalue weighted by Gasteiger charge is -2.39. The largest absolute Gasteiger partial charge is 0.512 e. The molecule has 0 amide bonds. The highest BCUT2D eigenvalue weighted by Crippen LogP contribution is 2.65. The Morgan fingerprint density at radius 2 is 1.08 bits per heavy atom. The number of fused-ring (bicyclic) bond motifs is 6. The van der Waals surface area contributed by atoms with Crippen LogP contribution in [0.2, 0.25) is 0 Å². The minimum atomic E-state index is -1.39. The number of ether oxygens (including phenoxy) is 2. The third-order valence-electron chi connectivity index (χ3n) is 15.9. The summed E-state index contributed by atoms with van der Waals surface area (Å²) in [5.74, 6) is -3.39. The van der Waals surface area contributed by atoms with E-state index in [9.17, 15) is 15.3 Å². The Labute approximate surface area is 364 Å². The number of carbonyl (C=O) groups excluding carboxylic acids is 3. The molecule has 0 aromatic heterocycles. The summed E-state index contributed by atoms with van der Waals surface area (Å²) >= 11 is 0. The van der Waals surface area contributed by atoms with Crippen LogP contribution in [0.15, 0.2) is 121 Å². The van der Waals surface area contributed by atoms with Gasteiger partial charge in [-0.1, -0.05) is 84.9 Å². The molecule has 4 fully saturated rings. The molecule has 2 aliphatic carbocycles. The standard InChI is InChI=1S/C53H46N2O8/c1-62-42-25-30(19-21-38(42)56)46-36-17-7-23-54(36)52(34-15-5-11-28-9-3-13-32(44(28)34)50(52)60)48(46)40(58)27-41(59)49-47(31-20-22-39(57)43(26-31)63-2)37-18-8-24-55(37)53(49)35-16-6-12-29-10-4-14-33(45(29)35)51(53)61/h3-6,9-16,19-22,25-27,36-37,46-49,56-58H,7-8,17-18,23-24H2,1-2H3/b40-27-/t36?,37?,46-,47-,48?,49?,52+,53+/m0/s1. The summed E-state index contributed by atoms with van der Waals surface area (Å²) in [6.07, 6.45) is 4.50. The van der Waals surface area contributed by atoms with Crippen LogP contribution >= 0.6 is 0 Å². The SMILES string of the molecule is COc1cc([C@H]2C3CCCN3[C@@]3(C(=O)c4cccc5cccc3c45)C2C(=O)/C=C(\O)C2[C@@H](c3ccc(O)c(OC)c3)C3CCCN3[C@@]23C(=O)c2cccc4cccc3c24)ccc1O. The molecule has 6 aliphatic rings. The number of methoxy groups -OCH3 is 2. The summed E-state index contributed by atoms with van der Waals surface area (Å²) in [6.45, 7) is 1.20. The second kappa shape index (κ2) is 13.5. The van der Waals surface area contributed by atoms with Crippen molar-refractivity contribution in [1.29, 1.82) is 0 Å². The number of phenolic OH excluding ortho intramolecular Hbond substituents is 2. The van der Waals surface area contributed by atoms with E-state index in [0.29, 0.717) is 24.2 Å². The van der Waals surface area contributed by atoms with Crippen LogP contribution in [-0.2, 0) is 15.9 Å². The number of hydrogen-bond acceptors (Lipinski definition) is 10. The van der Waals surface area contributed by atoms with Crippen molar-refractivity contribution in [3.8, 4) is 23.0 Å². The third kappa shape index (κ3) is 4.72. The van der Waals surface area contributed by atoms with E-state index in [2.05, 4.69) is 9.80 Å². The van der Waals surface area contributed by atoms with Gasteiger partial charge in [0.2, 0.25) is 0 Å². The molecule has 3 N–H and O–H groups in total. The van der Waals surface area contributed by atoms with E-state index in [0.717, 1.165) is 69.5 Å². The number of benzene rings is 6. The zero-order chi connectivity index (χ0) is 43.1. The molecule has 316 valence electrons. The summed E-state index contributed by atoms with van der Waals surface area (Å²) in [4.78, 5) is 51.8. The number of rotatable bonds is 7. The van der Waals surface area contributed by atoms with Crippen molar-refractivity contribution < 1.29 is 39.2 Å². The molecule has 0 bridgehead atoms. The first kappa shape index (κ1) is 38.2. The van der Waals surface area contributed by atoms with E-state index < -0.39 is 40.5 Å². The number of carbonyl (C=O) groups is 3. The third-order valence-corrected chi connectivity index (χ3v) is 15.9. The van der Waals surface area contributed by atoms with Crippen molar-refractivity contribution >= 4 is 38.9 Å². The first-order valence-corrected chi connectivity index (χ1v) is 22.0. The minimum absolute atomic E-state index is 0.0286. The van der Waals surface area contributed by atoms with Gasteiger partial charge in [-0.25, -0.2) is 0 Å². The maximum Gasteiger partial charge on any atom is 0.189 e. The van der Waals surface area contributed by atoms with E-state index in [1.807, 2.05) is 84.9 Å². The van der Waals surface area contributed by atoms with Crippen LogP contribution in [0.25, 0.3) is 21.5 Å². The average Bonchev–Trinajstić information content (AvgIpc) is 4.15. The summed E-state index contributed by atoms with van der Waals surface area (Å²) in [5, 5.41) is 38.3. The van der Waals surface area contributed by atoms with Crippen LogP contribution in [0, 0.1) is 11.8 Å². The Morgan fingerprint density at radius 1 is 0.635 bits per heavy atom.